The number of nitrogens with zero attached hydrogens (tertiary/aromatic N) is 2. The van der Waals surface area contributed by atoms with E-state index in [0.717, 1.165) is 16.8 Å². The Morgan fingerprint density at radius 3 is 2.35 bits per heavy atom. The normalized spacial score (nSPS) is 11.3. The molecule has 31 heavy (non-hydrogen) atoms. The summed E-state index contributed by atoms with van der Waals surface area (Å²) in [6.07, 6.45) is 2.40. The number of amides is 1. The van der Waals surface area contributed by atoms with Crippen molar-refractivity contribution in [2.45, 2.75) is 25.8 Å². The highest BCUT2D eigenvalue weighted by Crippen LogP contribution is 2.24. The molecule has 3 aromatic rings. The number of anilines is 1. The smallest absolute Gasteiger partial charge is 0.254 e. The predicted octanol–water partition coefficient (Wildman–Crippen LogP) is 4.88. The monoisotopic (exact) mass is 457 g/mol. The third kappa shape index (κ3) is 6.17. The number of hydrogen-bond acceptors (Lipinski definition) is 5. The van der Waals surface area contributed by atoms with Crippen LogP contribution in [-0.2, 0) is 5.54 Å². The first-order chi connectivity index (χ1) is 14.8. The van der Waals surface area contributed by atoms with Gasteiger partial charge in [-0.2, -0.15) is 0 Å². The number of rotatable bonds is 8. The maximum Gasteiger partial charge on any atom is 0.254 e. The van der Waals surface area contributed by atoms with Crippen LogP contribution in [0.4, 0.5) is 5.95 Å². The molecule has 0 saturated carbocycles. The quantitative estimate of drug-likeness (QED) is 0.419. The molecule has 0 aliphatic heterocycles. The Kier molecular flexibility index (Phi) is 7.49. The van der Waals surface area contributed by atoms with Gasteiger partial charge in [-0.3, -0.25) is 4.79 Å². The standard InChI is InChI=1S/C23H25Cl2N5O/c1-23(2,26)16-9-7-15(8-10-16)19-11-14-29-22(30-19)28-13-4-12-27-21(31)20-17(24)5-3-6-18(20)25/h3,5-11,14H,4,12-13,26H2,1-2H3,(H,27,31)(H,28,29,30). The lowest BCUT2D eigenvalue weighted by molar-refractivity contribution is 0.0954. The average Bonchev–Trinajstić information content (AvgIpc) is 2.73. The molecule has 1 amide bonds. The zero-order chi connectivity index (χ0) is 22.4. The van der Waals surface area contributed by atoms with Crippen LogP contribution >= 0.6 is 23.2 Å². The van der Waals surface area contributed by atoms with Gasteiger partial charge < -0.3 is 16.4 Å². The van der Waals surface area contributed by atoms with Gasteiger partial charge in [0.2, 0.25) is 5.95 Å². The van der Waals surface area contributed by atoms with Crippen molar-refractivity contribution >= 4 is 35.1 Å². The second kappa shape index (κ2) is 10.1. The Bertz CT molecular complexity index is 1030. The summed E-state index contributed by atoms with van der Waals surface area (Å²) in [6, 6.07) is 14.9. The van der Waals surface area contributed by atoms with Crippen LogP contribution in [0.3, 0.4) is 0 Å². The van der Waals surface area contributed by atoms with E-state index in [2.05, 4.69) is 20.6 Å². The minimum absolute atomic E-state index is 0.291. The summed E-state index contributed by atoms with van der Waals surface area (Å²) in [5.74, 6) is 0.235. The molecular weight excluding hydrogens is 433 g/mol. The number of aromatic nitrogens is 2. The highest BCUT2D eigenvalue weighted by atomic mass is 35.5. The SMILES string of the molecule is CC(C)(N)c1ccc(-c2ccnc(NCCCNC(=O)c3c(Cl)cccc3Cl)n2)cc1. The first kappa shape index (κ1) is 23.0. The molecule has 2 aromatic carbocycles. The number of nitrogens with two attached hydrogens (primary N) is 1. The highest BCUT2D eigenvalue weighted by molar-refractivity contribution is 6.39. The van der Waals surface area contributed by atoms with Gasteiger partial charge in [-0.25, -0.2) is 9.97 Å². The molecule has 0 fully saturated rings. The number of benzene rings is 2. The molecule has 8 heteroatoms. The van der Waals surface area contributed by atoms with Crippen LogP contribution in [-0.4, -0.2) is 29.0 Å². The van der Waals surface area contributed by atoms with Crippen LogP contribution in [0.15, 0.2) is 54.7 Å². The van der Waals surface area contributed by atoms with Crippen LogP contribution in [0.25, 0.3) is 11.3 Å². The van der Waals surface area contributed by atoms with Crippen LogP contribution in [0, 0.1) is 0 Å². The predicted molar refractivity (Wildman–Crippen MR) is 127 cm³/mol. The summed E-state index contributed by atoms with van der Waals surface area (Å²) < 4.78 is 0. The minimum atomic E-state index is -0.385. The van der Waals surface area contributed by atoms with Crippen molar-refractivity contribution in [1.29, 1.82) is 0 Å². The molecule has 0 atom stereocenters. The summed E-state index contributed by atoms with van der Waals surface area (Å²) >= 11 is 12.1. The first-order valence-electron chi connectivity index (χ1n) is 9.94. The fraction of sp³-hybridized carbons (Fsp3) is 0.261. The first-order valence-corrected chi connectivity index (χ1v) is 10.7. The third-order valence-corrected chi connectivity index (χ3v) is 5.32. The Morgan fingerprint density at radius 2 is 1.71 bits per heavy atom. The Labute approximate surface area is 192 Å². The minimum Gasteiger partial charge on any atom is -0.354 e. The lowest BCUT2D eigenvalue weighted by Gasteiger charge is -2.19. The molecule has 6 nitrogen and oxygen atoms in total. The molecule has 0 saturated heterocycles. The lowest BCUT2D eigenvalue weighted by Crippen LogP contribution is -2.28. The molecule has 4 N–H and O–H groups in total. The largest absolute Gasteiger partial charge is 0.354 e. The second-order valence-corrected chi connectivity index (χ2v) is 8.51. The fourth-order valence-corrected chi connectivity index (χ4v) is 3.54. The number of carbonyl (C=O) groups excluding carboxylic acids is 1. The van der Waals surface area contributed by atoms with E-state index in [9.17, 15) is 4.79 Å². The Balaban J connectivity index is 1.51. The van der Waals surface area contributed by atoms with Crippen molar-refractivity contribution in [1.82, 2.24) is 15.3 Å². The summed E-state index contributed by atoms with van der Waals surface area (Å²) in [5.41, 5.74) is 8.91. The van der Waals surface area contributed by atoms with Gasteiger partial charge in [0, 0.05) is 30.4 Å². The zero-order valence-corrected chi connectivity index (χ0v) is 19.0. The van der Waals surface area contributed by atoms with Crippen molar-refractivity contribution < 1.29 is 4.79 Å². The molecule has 1 heterocycles. The summed E-state index contributed by atoms with van der Waals surface area (Å²) in [5, 5.41) is 6.66. The Hall–Kier alpha value is -2.67. The van der Waals surface area contributed by atoms with Gasteiger partial charge in [0.05, 0.1) is 21.3 Å². The maximum absolute atomic E-state index is 12.3. The second-order valence-electron chi connectivity index (χ2n) is 7.70. The highest BCUT2D eigenvalue weighted by Gasteiger charge is 2.14. The molecule has 0 radical (unpaired) electrons. The third-order valence-electron chi connectivity index (χ3n) is 4.69. The average molecular weight is 458 g/mol. The summed E-state index contributed by atoms with van der Waals surface area (Å²) in [6.45, 7) is 5.00. The number of carbonyl (C=O) groups is 1. The van der Waals surface area contributed by atoms with Gasteiger partial charge in [0.1, 0.15) is 0 Å². The lowest BCUT2D eigenvalue weighted by atomic mass is 9.94. The van der Waals surface area contributed by atoms with E-state index >= 15 is 0 Å². The van der Waals surface area contributed by atoms with E-state index < -0.39 is 0 Å². The van der Waals surface area contributed by atoms with Gasteiger partial charge in [-0.15, -0.1) is 0 Å². The van der Waals surface area contributed by atoms with E-state index in [1.807, 2.05) is 44.2 Å². The van der Waals surface area contributed by atoms with Gasteiger partial charge in [-0.05, 0) is 44.0 Å². The molecule has 1 aromatic heterocycles. The van der Waals surface area contributed by atoms with Crippen molar-refractivity contribution in [3.05, 3.63) is 75.9 Å². The summed E-state index contributed by atoms with van der Waals surface area (Å²) in [4.78, 5) is 21.1. The number of nitrogens with one attached hydrogen (secondary N) is 2. The molecule has 3 rings (SSSR count). The van der Waals surface area contributed by atoms with Crippen LogP contribution in [0.2, 0.25) is 10.0 Å². The zero-order valence-electron chi connectivity index (χ0n) is 17.5. The van der Waals surface area contributed by atoms with Crippen LogP contribution in [0.5, 0.6) is 0 Å². The molecule has 0 unspecified atom stereocenters. The molecule has 0 aliphatic carbocycles. The van der Waals surface area contributed by atoms with E-state index in [1.165, 1.54) is 0 Å². The maximum atomic E-state index is 12.3. The van der Waals surface area contributed by atoms with Crippen LogP contribution < -0.4 is 16.4 Å². The van der Waals surface area contributed by atoms with Crippen LogP contribution in [0.1, 0.15) is 36.2 Å². The van der Waals surface area contributed by atoms with Crippen molar-refractivity contribution in [3.8, 4) is 11.3 Å². The van der Waals surface area contributed by atoms with Crippen molar-refractivity contribution in [2.75, 3.05) is 18.4 Å². The van der Waals surface area contributed by atoms with Crippen molar-refractivity contribution in [3.63, 3.8) is 0 Å². The molecule has 0 aliphatic rings. The van der Waals surface area contributed by atoms with Gasteiger partial charge in [-0.1, -0.05) is 53.5 Å². The fourth-order valence-electron chi connectivity index (χ4n) is 2.97. The molecular formula is C23H25Cl2N5O. The molecule has 0 bridgehead atoms. The number of halogens is 2. The van der Waals surface area contributed by atoms with E-state index in [1.54, 1.807) is 24.4 Å². The Morgan fingerprint density at radius 1 is 1.03 bits per heavy atom. The molecule has 162 valence electrons. The van der Waals surface area contributed by atoms with Gasteiger partial charge in [0.25, 0.3) is 5.91 Å². The van der Waals surface area contributed by atoms with E-state index in [0.29, 0.717) is 41.1 Å². The molecule has 0 spiro atoms. The van der Waals surface area contributed by atoms with E-state index in [4.69, 9.17) is 28.9 Å². The van der Waals surface area contributed by atoms with Gasteiger partial charge in [0.15, 0.2) is 0 Å². The number of hydrogen-bond donors (Lipinski definition) is 3. The topological polar surface area (TPSA) is 92.9 Å². The van der Waals surface area contributed by atoms with Gasteiger partial charge >= 0.3 is 0 Å². The van der Waals surface area contributed by atoms with E-state index in [-0.39, 0.29) is 11.4 Å². The summed E-state index contributed by atoms with van der Waals surface area (Å²) in [7, 11) is 0. The van der Waals surface area contributed by atoms with Crippen molar-refractivity contribution in [2.24, 2.45) is 5.73 Å².